The van der Waals surface area contributed by atoms with Gasteiger partial charge in [-0.1, -0.05) is 115 Å². The van der Waals surface area contributed by atoms with E-state index in [-0.39, 0.29) is 13.2 Å². The molecule has 0 radical (unpaired) electrons. The van der Waals surface area contributed by atoms with Gasteiger partial charge in [-0.25, -0.2) is 0 Å². The van der Waals surface area contributed by atoms with E-state index in [0.717, 1.165) is 24.3 Å². The lowest BCUT2D eigenvalue weighted by Crippen LogP contribution is -2.15. The van der Waals surface area contributed by atoms with Crippen molar-refractivity contribution in [3.8, 4) is 11.5 Å². The van der Waals surface area contributed by atoms with Crippen LogP contribution in [0.2, 0.25) is 0 Å². The molecule has 0 aliphatic rings. The molecule has 0 fully saturated rings. The highest BCUT2D eigenvalue weighted by atomic mass is 16.6. The normalized spacial score (nSPS) is 11.3. The monoisotopic (exact) mass is 1100 g/mol. The van der Waals surface area contributed by atoms with Gasteiger partial charge in [-0.05, 0) is 61.1 Å². The first kappa shape index (κ1) is 72.5. The Morgan fingerprint density at radius 2 is 0.429 bits per heavy atom. The number of unbranched alkanes of at least 4 members (excludes halogenated alkanes) is 12. The summed E-state index contributed by atoms with van der Waals surface area (Å²) in [5, 5.41) is 17.1. The summed E-state index contributed by atoms with van der Waals surface area (Å²) in [7, 11) is 0. The predicted octanol–water partition coefficient (Wildman–Crippen LogP) is 8.92. The lowest BCUT2D eigenvalue weighted by molar-refractivity contribution is -0.0242. The van der Waals surface area contributed by atoms with E-state index in [9.17, 15) is 0 Å². The zero-order chi connectivity index (χ0) is 55.1. The van der Waals surface area contributed by atoms with Gasteiger partial charge >= 0.3 is 0 Å². The van der Waals surface area contributed by atoms with E-state index in [1.165, 1.54) is 101 Å². The largest absolute Gasteiger partial charge is 0.491 e. The Morgan fingerprint density at radius 1 is 0.234 bits per heavy atom. The van der Waals surface area contributed by atoms with Crippen molar-refractivity contribution in [1.82, 2.24) is 0 Å². The first-order valence-corrected chi connectivity index (χ1v) is 29.4. The molecule has 0 bridgehead atoms. The molecule has 0 spiro atoms. The van der Waals surface area contributed by atoms with Crippen molar-refractivity contribution in [2.75, 3.05) is 198 Å². The molecular formula is C60H108O17. The third kappa shape index (κ3) is 55.1. The summed E-state index contributed by atoms with van der Waals surface area (Å²) < 4.78 is 81.7. The van der Waals surface area contributed by atoms with Crippen LogP contribution in [0, 0.1) is 0 Å². The van der Waals surface area contributed by atoms with Crippen LogP contribution in [-0.4, -0.2) is 208 Å². The standard InChI is InChI=1S/C33H60O10.C27H48O7/c1-2-3-4-5-6-7-8-9-32-10-12-33(13-11-32)43-31-30-42-29-28-41-27-26-40-25-24-39-23-22-38-21-20-37-19-18-36-17-16-35-15-14-34;1-2-3-4-5-6-7-8-9-26-10-12-27(13-11-26)34-25-24-33-23-22-32-21-20-31-19-18-30-17-16-29-15-14-28/h10-13,34H,2-9,14-31H2,1H3;10-13,28H,2-9,14-25H2,1H3. The van der Waals surface area contributed by atoms with E-state index in [0.29, 0.717) is 185 Å². The molecule has 17 nitrogen and oxygen atoms in total. The summed E-state index contributed by atoms with van der Waals surface area (Å²) in [5.74, 6) is 1.78. The number of rotatable bonds is 61. The number of hydrogen-bond acceptors (Lipinski definition) is 17. The van der Waals surface area contributed by atoms with Crippen molar-refractivity contribution in [1.29, 1.82) is 0 Å². The third-order valence-corrected chi connectivity index (χ3v) is 11.5. The maximum Gasteiger partial charge on any atom is 0.119 e. The predicted molar refractivity (Wildman–Crippen MR) is 302 cm³/mol. The Bertz CT molecular complexity index is 1390. The van der Waals surface area contributed by atoms with E-state index >= 15 is 0 Å². The molecule has 2 aromatic rings. The highest BCUT2D eigenvalue weighted by Crippen LogP contribution is 2.17. The van der Waals surface area contributed by atoms with Gasteiger partial charge in [0.25, 0.3) is 0 Å². The molecule has 0 amide bonds. The molecule has 0 unspecified atom stereocenters. The maximum absolute atomic E-state index is 8.58. The maximum atomic E-state index is 8.58. The Labute approximate surface area is 465 Å². The Balaban J connectivity index is 0.000000791. The van der Waals surface area contributed by atoms with Crippen LogP contribution in [0.3, 0.4) is 0 Å². The van der Waals surface area contributed by atoms with Crippen molar-refractivity contribution in [3.05, 3.63) is 59.7 Å². The van der Waals surface area contributed by atoms with Crippen molar-refractivity contribution in [3.63, 3.8) is 0 Å². The molecular weight excluding hydrogens is 993 g/mol. The summed E-state index contributed by atoms with van der Waals surface area (Å²) in [5.41, 5.74) is 2.76. The SMILES string of the molecule is CCCCCCCCCc1ccc(OCCOCCOCCOCCOCCOCCO)cc1.CCCCCCCCCc1ccc(OCCOCCOCCOCCOCCOCCOCCOCCOCCO)cc1. The van der Waals surface area contributed by atoms with Gasteiger partial charge in [-0.15, -0.1) is 0 Å². The van der Waals surface area contributed by atoms with Crippen LogP contribution in [0.1, 0.15) is 115 Å². The smallest absolute Gasteiger partial charge is 0.119 e. The molecule has 0 aliphatic heterocycles. The van der Waals surface area contributed by atoms with Crippen LogP contribution < -0.4 is 9.47 Å². The minimum absolute atomic E-state index is 0.0298. The Hall–Kier alpha value is -2.56. The molecule has 0 saturated carbocycles. The fourth-order valence-corrected chi connectivity index (χ4v) is 7.27. The number of aliphatic hydroxyl groups is 2. The second-order valence-corrected chi connectivity index (χ2v) is 18.1. The third-order valence-electron chi connectivity index (χ3n) is 11.5. The molecule has 0 atom stereocenters. The lowest BCUT2D eigenvalue weighted by Gasteiger charge is -2.09. The van der Waals surface area contributed by atoms with Crippen LogP contribution >= 0.6 is 0 Å². The number of hydrogen-bond donors (Lipinski definition) is 2. The minimum Gasteiger partial charge on any atom is -0.491 e. The first-order chi connectivity index (χ1) is 38.2. The van der Waals surface area contributed by atoms with Crippen molar-refractivity contribution >= 4 is 0 Å². The molecule has 2 N–H and O–H groups in total. The van der Waals surface area contributed by atoms with Crippen molar-refractivity contribution < 1.29 is 81.3 Å². The molecule has 2 rings (SSSR count). The van der Waals surface area contributed by atoms with Crippen LogP contribution in [0.25, 0.3) is 0 Å². The van der Waals surface area contributed by atoms with E-state index in [4.69, 9.17) is 81.3 Å². The average Bonchev–Trinajstić information content (AvgIpc) is 3.45. The minimum atomic E-state index is 0.0298. The molecule has 77 heavy (non-hydrogen) atoms. The van der Waals surface area contributed by atoms with Crippen molar-refractivity contribution in [2.45, 2.75) is 117 Å². The first-order valence-electron chi connectivity index (χ1n) is 29.4. The quantitative estimate of drug-likeness (QED) is 0.0599. The highest BCUT2D eigenvalue weighted by Gasteiger charge is 2.02. The molecule has 0 saturated heterocycles. The van der Waals surface area contributed by atoms with E-state index in [1.54, 1.807) is 0 Å². The number of aliphatic hydroxyl groups excluding tert-OH is 2. The van der Waals surface area contributed by atoms with Gasteiger partial charge in [0.15, 0.2) is 0 Å². The van der Waals surface area contributed by atoms with Gasteiger partial charge in [0.05, 0.1) is 185 Å². The summed E-state index contributed by atoms with van der Waals surface area (Å²) in [4.78, 5) is 0. The van der Waals surface area contributed by atoms with Gasteiger partial charge in [-0.2, -0.15) is 0 Å². The molecule has 2 aromatic carbocycles. The Morgan fingerprint density at radius 3 is 0.649 bits per heavy atom. The topological polar surface area (TPSA) is 179 Å². The summed E-state index contributed by atoms with van der Waals surface area (Å²) in [6.07, 6.45) is 21.1. The number of benzene rings is 2. The van der Waals surface area contributed by atoms with E-state index in [2.05, 4.69) is 62.4 Å². The zero-order valence-electron chi connectivity index (χ0n) is 48.2. The van der Waals surface area contributed by atoms with Gasteiger partial charge in [0, 0.05) is 0 Å². The van der Waals surface area contributed by atoms with Crippen LogP contribution in [0.5, 0.6) is 11.5 Å². The fourth-order valence-electron chi connectivity index (χ4n) is 7.27. The number of ether oxygens (including phenoxy) is 15. The summed E-state index contributed by atoms with van der Waals surface area (Å²) >= 11 is 0. The zero-order valence-corrected chi connectivity index (χ0v) is 48.2. The van der Waals surface area contributed by atoms with Crippen LogP contribution in [0.4, 0.5) is 0 Å². The fraction of sp³-hybridized carbons (Fsp3) is 0.800. The summed E-state index contributed by atoms with van der Waals surface area (Å²) in [6.45, 7) is 18.8. The molecule has 0 aromatic heterocycles. The van der Waals surface area contributed by atoms with Crippen LogP contribution in [0.15, 0.2) is 48.5 Å². The lowest BCUT2D eigenvalue weighted by atomic mass is 10.0. The second-order valence-electron chi connectivity index (χ2n) is 18.1. The second kappa shape index (κ2) is 62.6. The van der Waals surface area contributed by atoms with Crippen LogP contribution in [-0.2, 0) is 74.4 Å². The summed E-state index contributed by atoms with van der Waals surface area (Å²) in [6, 6.07) is 16.9. The van der Waals surface area contributed by atoms with Gasteiger partial charge in [0.2, 0.25) is 0 Å². The van der Waals surface area contributed by atoms with E-state index < -0.39 is 0 Å². The van der Waals surface area contributed by atoms with E-state index in [1.807, 2.05) is 0 Å². The molecule has 0 aliphatic carbocycles. The molecule has 0 heterocycles. The molecule has 17 heteroatoms. The van der Waals surface area contributed by atoms with Gasteiger partial charge < -0.3 is 81.3 Å². The highest BCUT2D eigenvalue weighted by molar-refractivity contribution is 5.28. The number of aryl methyl sites for hydroxylation is 2. The molecule has 450 valence electrons. The van der Waals surface area contributed by atoms with Gasteiger partial charge in [0.1, 0.15) is 24.7 Å². The average molecular weight is 1100 g/mol. The van der Waals surface area contributed by atoms with Crippen molar-refractivity contribution in [2.24, 2.45) is 0 Å². The Kier molecular flexibility index (Phi) is 58.9. The van der Waals surface area contributed by atoms with Gasteiger partial charge in [-0.3, -0.25) is 0 Å².